The standard InChI is InChI=1S/C16H23N5O3S/c1-12(2)9-25(23,24)7-6-17-16(22)20-15-8-14(5-4-13(15)3)21-10-18-19-11-21/h4-5,8,10-12H,6-7,9H2,1-3H3,(H2,17,20,22). The van der Waals surface area contributed by atoms with E-state index < -0.39 is 15.9 Å². The zero-order valence-corrected chi connectivity index (χ0v) is 15.4. The molecular formula is C16H23N5O3S. The van der Waals surface area contributed by atoms with E-state index in [2.05, 4.69) is 20.8 Å². The summed E-state index contributed by atoms with van der Waals surface area (Å²) in [6, 6.07) is 5.12. The summed E-state index contributed by atoms with van der Waals surface area (Å²) in [6.45, 7) is 5.65. The Morgan fingerprint density at radius 3 is 2.56 bits per heavy atom. The second-order valence-corrected chi connectivity index (χ2v) is 8.49. The van der Waals surface area contributed by atoms with E-state index in [9.17, 15) is 13.2 Å². The summed E-state index contributed by atoms with van der Waals surface area (Å²) in [7, 11) is -3.15. The number of nitrogens with zero attached hydrogens (tertiary/aromatic N) is 3. The normalized spacial score (nSPS) is 11.5. The van der Waals surface area contributed by atoms with Crippen LogP contribution in [0.5, 0.6) is 0 Å². The molecule has 0 atom stereocenters. The highest BCUT2D eigenvalue weighted by molar-refractivity contribution is 7.91. The van der Waals surface area contributed by atoms with Crippen molar-refractivity contribution in [1.29, 1.82) is 0 Å². The monoisotopic (exact) mass is 365 g/mol. The van der Waals surface area contributed by atoms with Crippen molar-refractivity contribution in [3.63, 3.8) is 0 Å². The van der Waals surface area contributed by atoms with Gasteiger partial charge in [0, 0.05) is 12.2 Å². The quantitative estimate of drug-likeness (QED) is 0.778. The first kappa shape index (κ1) is 18.9. The molecule has 2 amide bonds. The third-order valence-corrected chi connectivity index (χ3v) is 5.47. The van der Waals surface area contributed by atoms with Crippen LogP contribution in [0.4, 0.5) is 10.5 Å². The predicted molar refractivity (Wildman–Crippen MR) is 96.6 cm³/mol. The molecule has 2 N–H and O–H groups in total. The minimum atomic E-state index is -3.15. The van der Waals surface area contributed by atoms with Gasteiger partial charge in [0.15, 0.2) is 9.84 Å². The molecule has 1 aromatic carbocycles. The molecular weight excluding hydrogens is 342 g/mol. The second-order valence-electron chi connectivity index (χ2n) is 6.26. The van der Waals surface area contributed by atoms with E-state index in [0.717, 1.165) is 11.3 Å². The molecule has 136 valence electrons. The summed E-state index contributed by atoms with van der Waals surface area (Å²) in [6.07, 6.45) is 3.13. The zero-order valence-electron chi connectivity index (χ0n) is 14.6. The van der Waals surface area contributed by atoms with Gasteiger partial charge in [-0.3, -0.25) is 4.57 Å². The number of benzene rings is 1. The summed E-state index contributed by atoms with van der Waals surface area (Å²) in [4.78, 5) is 12.0. The van der Waals surface area contributed by atoms with Crippen LogP contribution in [-0.2, 0) is 9.84 Å². The van der Waals surface area contributed by atoms with Gasteiger partial charge in [0.1, 0.15) is 12.7 Å². The highest BCUT2D eigenvalue weighted by atomic mass is 32.2. The van der Waals surface area contributed by atoms with Gasteiger partial charge >= 0.3 is 6.03 Å². The van der Waals surface area contributed by atoms with Crippen LogP contribution < -0.4 is 10.6 Å². The van der Waals surface area contributed by atoms with Crippen LogP contribution in [0.15, 0.2) is 30.9 Å². The van der Waals surface area contributed by atoms with Gasteiger partial charge in [-0.15, -0.1) is 10.2 Å². The van der Waals surface area contributed by atoms with E-state index in [0.29, 0.717) is 5.69 Å². The number of amides is 2. The van der Waals surface area contributed by atoms with Crippen LogP contribution in [0.2, 0.25) is 0 Å². The van der Waals surface area contributed by atoms with Crippen LogP contribution in [-0.4, -0.2) is 47.3 Å². The summed E-state index contributed by atoms with van der Waals surface area (Å²) in [5, 5.41) is 12.8. The van der Waals surface area contributed by atoms with Gasteiger partial charge in [-0.1, -0.05) is 19.9 Å². The molecule has 8 nitrogen and oxygen atoms in total. The van der Waals surface area contributed by atoms with Crippen LogP contribution in [0, 0.1) is 12.8 Å². The van der Waals surface area contributed by atoms with Crippen LogP contribution in [0.25, 0.3) is 5.69 Å². The largest absolute Gasteiger partial charge is 0.337 e. The molecule has 0 aliphatic rings. The molecule has 25 heavy (non-hydrogen) atoms. The number of hydrogen-bond donors (Lipinski definition) is 2. The molecule has 1 heterocycles. The number of carbonyl (C=O) groups excluding carboxylic acids is 1. The Morgan fingerprint density at radius 2 is 1.92 bits per heavy atom. The maximum Gasteiger partial charge on any atom is 0.319 e. The van der Waals surface area contributed by atoms with Crippen LogP contribution >= 0.6 is 0 Å². The van der Waals surface area contributed by atoms with Crippen molar-refractivity contribution < 1.29 is 13.2 Å². The van der Waals surface area contributed by atoms with Gasteiger partial charge in [0.25, 0.3) is 0 Å². The third kappa shape index (κ3) is 5.86. The molecule has 0 saturated heterocycles. The van der Waals surface area contributed by atoms with Gasteiger partial charge in [-0.25, -0.2) is 13.2 Å². The molecule has 0 aliphatic heterocycles. The van der Waals surface area contributed by atoms with E-state index in [1.54, 1.807) is 23.3 Å². The summed E-state index contributed by atoms with van der Waals surface area (Å²) < 4.78 is 25.4. The highest BCUT2D eigenvalue weighted by Crippen LogP contribution is 2.19. The zero-order chi connectivity index (χ0) is 18.4. The Kier molecular flexibility index (Phi) is 6.13. The summed E-state index contributed by atoms with van der Waals surface area (Å²) in [5.41, 5.74) is 2.33. The molecule has 0 radical (unpaired) electrons. The lowest BCUT2D eigenvalue weighted by Crippen LogP contribution is -2.34. The van der Waals surface area contributed by atoms with Gasteiger partial charge in [-0.2, -0.15) is 0 Å². The molecule has 0 spiro atoms. The van der Waals surface area contributed by atoms with Crippen molar-refractivity contribution in [3.8, 4) is 5.69 Å². The maximum atomic E-state index is 12.0. The number of aryl methyl sites for hydroxylation is 1. The van der Waals surface area contributed by atoms with Crippen molar-refractivity contribution in [2.24, 2.45) is 5.92 Å². The van der Waals surface area contributed by atoms with Crippen LogP contribution in [0.3, 0.4) is 0 Å². The van der Waals surface area contributed by atoms with Crippen molar-refractivity contribution in [2.45, 2.75) is 20.8 Å². The fraction of sp³-hybridized carbons (Fsp3) is 0.438. The first-order valence-electron chi connectivity index (χ1n) is 7.98. The lowest BCUT2D eigenvalue weighted by atomic mass is 10.2. The molecule has 0 fully saturated rings. The van der Waals surface area contributed by atoms with E-state index in [1.807, 2.05) is 32.9 Å². The Hall–Kier alpha value is -2.42. The van der Waals surface area contributed by atoms with Crippen molar-refractivity contribution >= 4 is 21.6 Å². The first-order chi connectivity index (χ1) is 11.8. The van der Waals surface area contributed by atoms with Gasteiger partial charge in [-0.05, 0) is 30.5 Å². The summed E-state index contributed by atoms with van der Waals surface area (Å²) >= 11 is 0. The van der Waals surface area contributed by atoms with E-state index >= 15 is 0 Å². The lowest BCUT2D eigenvalue weighted by molar-refractivity contribution is 0.252. The lowest BCUT2D eigenvalue weighted by Gasteiger charge is -2.12. The van der Waals surface area contributed by atoms with Gasteiger partial charge in [0.2, 0.25) is 0 Å². The Morgan fingerprint density at radius 1 is 1.24 bits per heavy atom. The number of anilines is 1. The average Bonchev–Trinajstić information content (AvgIpc) is 3.02. The molecule has 0 bridgehead atoms. The molecule has 0 aliphatic carbocycles. The average molecular weight is 365 g/mol. The molecule has 9 heteroatoms. The van der Waals surface area contributed by atoms with E-state index in [4.69, 9.17) is 0 Å². The van der Waals surface area contributed by atoms with Crippen molar-refractivity contribution in [1.82, 2.24) is 20.1 Å². The fourth-order valence-electron chi connectivity index (χ4n) is 2.32. The Bertz CT molecular complexity index is 816. The van der Waals surface area contributed by atoms with E-state index in [-0.39, 0.29) is 24.0 Å². The molecule has 0 saturated carbocycles. The predicted octanol–water partition coefficient (Wildman–Crippen LogP) is 1.77. The van der Waals surface area contributed by atoms with Crippen molar-refractivity contribution in [2.75, 3.05) is 23.4 Å². The third-order valence-electron chi connectivity index (χ3n) is 3.47. The molecule has 0 unspecified atom stereocenters. The minimum absolute atomic E-state index is 0.0711. The minimum Gasteiger partial charge on any atom is -0.337 e. The number of carbonyl (C=O) groups is 1. The number of aromatic nitrogens is 3. The molecule has 2 aromatic rings. The number of rotatable bonds is 7. The van der Waals surface area contributed by atoms with Crippen LogP contribution in [0.1, 0.15) is 19.4 Å². The maximum absolute atomic E-state index is 12.0. The second kappa shape index (κ2) is 8.11. The summed E-state index contributed by atoms with van der Waals surface area (Å²) in [5.74, 6) is 0.122. The smallest absolute Gasteiger partial charge is 0.319 e. The van der Waals surface area contributed by atoms with E-state index in [1.165, 1.54) is 0 Å². The topological polar surface area (TPSA) is 106 Å². The number of sulfone groups is 1. The fourth-order valence-corrected chi connectivity index (χ4v) is 3.91. The molecule has 2 rings (SSSR count). The number of nitrogens with one attached hydrogen (secondary N) is 2. The number of urea groups is 1. The highest BCUT2D eigenvalue weighted by Gasteiger charge is 2.14. The Balaban J connectivity index is 1.93. The first-order valence-corrected chi connectivity index (χ1v) is 9.80. The van der Waals surface area contributed by atoms with Gasteiger partial charge < -0.3 is 10.6 Å². The Labute approximate surface area is 147 Å². The SMILES string of the molecule is Cc1ccc(-n2cnnc2)cc1NC(=O)NCCS(=O)(=O)CC(C)C. The number of hydrogen-bond acceptors (Lipinski definition) is 5. The molecule has 1 aromatic heterocycles. The van der Waals surface area contributed by atoms with Gasteiger partial charge in [0.05, 0.1) is 17.2 Å². The van der Waals surface area contributed by atoms with Crippen molar-refractivity contribution in [3.05, 3.63) is 36.4 Å².